The zero-order chi connectivity index (χ0) is 13.5. The lowest BCUT2D eigenvalue weighted by Gasteiger charge is -2.24. The first kappa shape index (κ1) is 17.0. The lowest BCUT2D eigenvalue weighted by atomic mass is 10.2. The fourth-order valence-electron chi connectivity index (χ4n) is 1.18. The third-order valence-electron chi connectivity index (χ3n) is 2.24. The van der Waals surface area contributed by atoms with E-state index in [-0.39, 0.29) is 31.3 Å². The van der Waals surface area contributed by atoms with Gasteiger partial charge in [-0.1, -0.05) is 19.7 Å². The van der Waals surface area contributed by atoms with Crippen LogP contribution in [0.3, 0.4) is 0 Å². The van der Waals surface area contributed by atoms with Crippen LogP contribution in [0.4, 0.5) is 0 Å². The minimum atomic E-state index is -3.32. The molecular weight excluding hydrogens is 261 g/mol. The normalized spacial score (nSPS) is 13.5. The largest absolute Gasteiger partial charge is 0.340 e. The maximum Gasteiger partial charge on any atom is 0.340 e. The van der Waals surface area contributed by atoms with Crippen molar-refractivity contribution in [3.63, 3.8) is 0 Å². The summed E-state index contributed by atoms with van der Waals surface area (Å²) in [5.74, 6) is -0.340. The first-order chi connectivity index (χ1) is 7.90. The molecule has 0 aromatic heterocycles. The van der Waals surface area contributed by atoms with Crippen LogP contribution in [0.2, 0.25) is 0 Å². The van der Waals surface area contributed by atoms with E-state index in [0.717, 1.165) is 6.42 Å². The van der Waals surface area contributed by atoms with Crippen molar-refractivity contribution in [1.82, 2.24) is 4.31 Å². The molecule has 0 N–H and O–H groups in total. The predicted octanol–water partition coefficient (Wildman–Crippen LogP) is 2.72. The standard InChI is InChI=1S/C10H22NO4PS/c1-5-9(4)11(17)10(12)8-16(13,14-6-2)15-7-3/h9,17H,5-8H2,1-4H3. The molecule has 0 saturated heterocycles. The number of hydrogen-bond donors (Lipinski definition) is 1. The summed E-state index contributed by atoms with van der Waals surface area (Å²) in [5.41, 5.74) is 0. The number of nitrogens with zero attached hydrogens (tertiary/aromatic N) is 1. The molecule has 0 heterocycles. The summed E-state index contributed by atoms with van der Waals surface area (Å²) in [7, 11) is -3.32. The van der Waals surface area contributed by atoms with Crippen molar-refractivity contribution in [1.29, 1.82) is 0 Å². The van der Waals surface area contributed by atoms with Crippen molar-refractivity contribution in [3.05, 3.63) is 0 Å². The maximum absolute atomic E-state index is 12.1. The van der Waals surface area contributed by atoms with E-state index >= 15 is 0 Å². The highest BCUT2D eigenvalue weighted by Gasteiger charge is 2.30. The molecule has 0 rings (SSSR count). The summed E-state index contributed by atoms with van der Waals surface area (Å²) in [6.07, 6.45) is 0.519. The highest BCUT2D eigenvalue weighted by Crippen LogP contribution is 2.48. The summed E-state index contributed by atoms with van der Waals surface area (Å²) in [6.45, 7) is 7.75. The minimum absolute atomic E-state index is 0.0115. The van der Waals surface area contributed by atoms with E-state index in [1.807, 2.05) is 13.8 Å². The van der Waals surface area contributed by atoms with Crippen LogP contribution in [0.15, 0.2) is 0 Å². The Kier molecular flexibility index (Phi) is 8.12. The van der Waals surface area contributed by atoms with Crippen LogP contribution in [0.25, 0.3) is 0 Å². The number of rotatable bonds is 8. The van der Waals surface area contributed by atoms with Gasteiger partial charge in [0.2, 0.25) is 5.91 Å². The van der Waals surface area contributed by atoms with Gasteiger partial charge in [-0.2, -0.15) is 0 Å². The van der Waals surface area contributed by atoms with Gasteiger partial charge in [0.15, 0.2) is 0 Å². The second-order valence-electron chi connectivity index (χ2n) is 3.60. The number of carbonyl (C=O) groups is 1. The zero-order valence-electron chi connectivity index (χ0n) is 10.9. The molecule has 5 nitrogen and oxygen atoms in total. The third-order valence-corrected chi connectivity index (χ3v) is 4.82. The molecule has 0 aromatic carbocycles. The summed E-state index contributed by atoms with van der Waals surface area (Å²) >= 11 is 4.10. The van der Waals surface area contributed by atoms with Gasteiger partial charge in [-0.05, 0) is 27.2 Å². The molecule has 102 valence electrons. The SMILES string of the molecule is CCOP(=O)(CC(=O)N(S)C(C)CC)OCC. The Hall–Kier alpha value is -0.0300. The molecule has 17 heavy (non-hydrogen) atoms. The molecule has 0 fully saturated rings. The van der Waals surface area contributed by atoms with Crippen molar-refractivity contribution >= 4 is 26.3 Å². The van der Waals surface area contributed by atoms with E-state index in [2.05, 4.69) is 12.8 Å². The van der Waals surface area contributed by atoms with Gasteiger partial charge in [0, 0.05) is 6.04 Å². The summed E-state index contributed by atoms with van der Waals surface area (Å²) in [6, 6.07) is -0.0115. The molecule has 0 aliphatic carbocycles. The number of amides is 1. The van der Waals surface area contributed by atoms with Gasteiger partial charge in [-0.3, -0.25) is 13.7 Å². The van der Waals surface area contributed by atoms with Crippen molar-refractivity contribution in [2.24, 2.45) is 0 Å². The lowest BCUT2D eigenvalue weighted by Crippen LogP contribution is -2.32. The van der Waals surface area contributed by atoms with Crippen LogP contribution in [0.5, 0.6) is 0 Å². The molecule has 0 aliphatic heterocycles. The van der Waals surface area contributed by atoms with E-state index in [0.29, 0.717) is 0 Å². The smallest absolute Gasteiger partial charge is 0.309 e. The van der Waals surface area contributed by atoms with Crippen LogP contribution < -0.4 is 0 Å². The van der Waals surface area contributed by atoms with Gasteiger partial charge in [0.1, 0.15) is 6.16 Å². The Balaban J connectivity index is 4.55. The first-order valence-corrected chi connectivity index (χ1v) is 7.92. The van der Waals surface area contributed by atoms with E-state index in [4.69, 9.17) is 9.05 Å². The lowest BCUT2D eigenvalue weighted by molar-refractivity contribution is -0.124. The average molecular weight is 283 g/mol. The molecule has 0 radical (unpaired) electrons. The summed E-state index contributed by atoms with van der Waals surface area (Å²) in [4.78, 5) is 11.8. The molecule has 0 aromatic rings. The van der Waals surface area contributed by atoms with E-state index in [1.54, 1.807) is 13.8 Å². The quantitative estimate of drug-likeness (QED) is 0.549. The molecule has 0 aliphatic rings. The first-order valence-electron chi connectivity index (χ1n) is 5.79. The molecule has 1 unspecified atom stereocenters. The van der Waals surface area contributed by atoms with Crippen molar-refractivity contribution < 1.29 is 18.4 Å². The molecule has 0 bridgehead atoms. The van der Waals surface area contributed by atoms with E-state index in [9.17, 15) is 9.36 Å². The van der Waals surface area contributed by atoms with Gasteiger partial charge < -0.3 is 9.05 Å². The second-order valence-corrected chi connectivity index (χ2v) is 6.09. The van der Waals surface area contributed by atoms with E-state index < -0.39 is 7.60 Å². The maximum atomic E-state index is 12.1. The van der Waals surface area contributed by atoms with Gasteiger partial charge in [-0.25, -0.2) is 0 Å². The van der Waals surface area contributed by atoms with Crippen LogP contribution >= 0.6 is 20.4 Å². The van der Waals surface area contributed by atoms with Crippen LogP contribution in [-0.2, 0) is 18.4 Å². The summed E-state index contributed by atoms with van der Waals surface area (Å²) in [5, 5.41) is 0. The zero-order valence-corrected chi connectivity index (χ0v) is 12.7. The Morgan fingerprint density at radius 1 is 1.29 bits per heavy atom. The highest BCUT2D eigenvalue weighted by atomic mass is 32.1. The summed E-state index contributed by atoms with van der Waals surface area (Å²) < 4.78 is 23.5. The van der Waals surface area contributed by atoms with Crippen molar-refractivity contribution in [2.75, 3.05) is 19.4 Å². The fraction of sp³-hybridized carbons (Fsp3) is 0.900. The second kappa shape index (κ2) is 8.14. The fourth-order valence-corrected chi connectivity index (χ4v) is 3.05. The third kappa shape index (κ3) is 5.91. The predicted molar refractivity (Wildman–Crippen MR) is 71.3 cm³/mol. The van der Waals surface area contributed by atoms with Crippen molar-refractivity contribution in [3.8, 4) is 0 Å². The minimum Gasteiger partial charge on any atom is -0.309 e. The molecule has 1 amide bonds. The Bertz CT molecular complexity index is 277. The van der Waals surface area contributed by atoms with Crippen LogP contribution in [0, 0.1) is 0 Å². The highest BCUT2D eigenvalue weighted by molar-refractivity contribution is 7.78. The Labute approximate surface area is 109 Å². The molecule has 1 atom stereocenters. The Morgan fingerprint density at radius 3 is 2.12 bits per heavy atom. The number of carbonyl (C=O) groups excluding carboxylic acids is 1. The number of thiol groups is 1. The van der Waals surface area contributed by atoms with Gasteiger partial charge in [0.05, 0.1) is 13.2 Å². The number of hydrogen-bond acceptors (Lipinski definition) is 5. The monoisotopic (exact) mass is 283 g/mol. The molecule has 0 spiro atoms. The van der Waals surface area contributed by atoms with Gasteiger partial charge >= 0.3 is 7.60 Å². The van der Waals surface area contributed by atoms with Crippen LogP contribution in [0.1, 0.15) is 34.1 Å². The molecule has 7 heteroatoms. The van der Waals surface area contributed by atoms with Gasteiger partial charge in [0.25, 0.3) is 0 Å². The Morgan fingerprint density at radius 2 is 1.76 bits per heavy atom. The average Bonchev–Trinajstić information content (AvgIpc) is 2.27. The topological polar surface area (TPSA) is 55.8 Å². The van der Waals surface area contributed by atoms with Crippen LogP contribution in [-0.4, -0.2) is 35.6 Å². The molecule has 0 saturated carbocycles. The van der Waals surface area contributed by atoms with E-state index in [1.165, 1.54) is 4.31 Å². The van der Waals surface area contributed by atoms with Crippen molar-refractivity contribution in [2.45, 2.75) is 40.2 Å². The van der Waals surface area contributed by atoms with Gasteiger partial charge in [-0.15, -0.1) is 0 Å². The molecular formula is C10H22NO4PS.